The Morgan fingerprint density at radius 2 is 2.21 bits per heavy atom. The lowest BCUT2D eigenvalue weighted by molar-refractivity contribution is 0.946. The van der Waals surface area contributed by atoms with Crippen molar-refractivity contribution in [1.29, 1.82) is 0 Å². The van der Waals surface area contributed by atoms with Crippen LogP contribution in [0.4, 0.5) is 5.82 Å². The monoisotopic (exact) mass is 356 g/mol. The SMILES string of the molecule is Cc1nnc(NCc2cc(Br)cs2)c(C(N)=S)c1C. The van der Waals surface area contributed by atoms with Crippen LogP contribution in [0.15, 0.2) is 15.9 Å². The van der Waals surface area contributed by atoms with E-state index in [9.17, 15) is 0 Å². The highest BCUT2D eigenvalue weighted by Crippen LogP contribution is 2.22. The smallest absolute Gasteiger partial charge is 0.159 e. The van der Waals surface area contributed by atoms with Crippen LogP contribution in [0.1, 0.15) is 21.7 Å². The Labute approximate surface area is 129 Å². The van der Waals surface area contributed by atoms with Crippen LogP contribution >= 0.6 is 39.5 Å². The minimum Gasteiger partial charge on any atom is -0.389 e. The highest BCUT2D eigenvalue weighted by molar-refractivity contribution is 9.10. The maximum atomic E-state index is 5.78. The third-order valence-electron chi connectivity index (χ3n) is 2.75. The predicted molar refractivity (Wildman–Crippen MR) is 86.7 cm³/mol. The summed E-state index contributed by atoms with van der Waals surface area (Å²) in [5.74, 6) is 0.639. The van der Waals surface area contributed by atoms with Gasteiger partial charge in [-0.2, -0.15) is 5.10 Å². The molecule has 2 aromatic rings. The van der Waals surface area contributed by atoms with Crippen molar-refractivity contribution in [3.8, 4) is 0 Å². The van der Waals surface area contributed by atoms with Gasteiger partial charge in [-0.15, -0.1) is 16.4 Å². The number of nitrogens with one attached hydrogen (secondary N) is 1. The summed E-state index contributed by atoms with van der Waals surface area (Å²) in [6.45, 7) is 4.51. The van der Waals surface area contributed by atoms with Crippen LogP contribution in [0.3, 0.4) is 0 Å². The minimum absolute atomic E-state index is 0.338. The Hall–Kier alpha value is -1.05. The Kier molecular flexibility index (Phi) is 4.49. The summed E-state index contributed by atoms with van der Waals surface area (Å²) in [4.78, 5) is 1.53. The first-order valence-corrected chi connectivity index (χ1v) is 7.67. The van der Waals surface area contributed by atoms with E-state index in [0.717, 1.165) is 21.3 Å². The number of hydrogen-bond donors (Lipinski definition) is 2. The number of hydrogen-bond acceptors (Lipinski definition) is 5. The summed E-state index contributed by atoms with van der Waals surface area (Å²) >= 11 is 10.2. The second kappa shape index (κ2) is 5.94. The molecular formula is C12H13BrN4S2. The second-order valence-electron chi connectivity index (χ2n) is 4.08. The zero-order valence-electron chi connectivity index (χ0n) is 10.5. The molecule has 0 amide bonds. The van der Waals surface area contributed by atoms with Crippen molar-refractivity contribution in [2.75, 3.05) is 5.32 Å². The number of anilines is 1. The van der Waals surface area contributed by atoms with E-state index in [1.54, 1.807) is 11.3 Å². The molecule has 0 aromatic carbocycles. The molecule has 2 rings (SSSR count). The summed E-state index contributed by atoms with van der Waals surface area (Å²) in [5.41, 5.74) is 8.36. The largest absolute Gasteiger partial charge is 0.389 e. The maximum Gasteiger partial charge on any atom is 0.159 e. The zero-order chi connectivity index (χ0) is 14.0. The Balaban J connectivity index is 2.25. The molecular weight excluding hydrogens is 344 g/mol. The number of nitrogens with two attached hydrogens (primary N) is 1. The molecule has 2 aromatic heterocycles. The number of aromatic nitrogens is 2. The van der Waals surface area contributed by atoms with Gasteiger partial charge in [0.25, 0.3) is 0 Å². The lowest BCUT2D eigenvalue weighted by atomic mass is 10.1. The summed E-state index contributed by atoms with van der Waals surface area (Å²) in [6, 6.07) is 2.06. The van der Waals surface area contributed by atoms with Crippen molar-refractivity contribution >= 4 is 50.3 Å². The summed E-state index contributed by atoms with van der Waals surface area (Å²) in [6.07, 6.45) is 0. The number of rotatable bonds is 4. The Morgan fingerprint density at radius 3 is 2.79 bits per heavy atom. The molecule has 0 fully saturated rings. The van der Waals surface area contributed by atoms with Crippen molar-refractivity contribution in [2.24, 2.45) is 5.73 Å². The van der Waals surface area contributed by atoms with E-state index >= 15 is 0 Å². The molecule has 0 radical (unpaired) electrons. The van der Waals surface area contributed by atoms with Crippen LogP contribution in [-0.4, -0.2) is 15.2 Å². The molecule has 100 valence electrons. The normalized spacial score (nSPS) is 10.5. The molecule has 0 saturated heterocycles. The fourth-order valence-electron chi connectivity index (χ4n) is 1.65. The van der Waals surface area contributed by atoms with Crippen molar-refractivity contribution in [3.63, 3.8) is 0 Å². The highest BCUT2D eigenvalue weighted by Gasteiger charge is 2.13. The van der Waals surface area contributed by atoms with Crippen molar-refractivity contribution in [1.82, 2.24) is 10.2 Å². The molecule has 2 heterocycles. The number of halogens is 1. The van der Waals surface area contributed by atoms with Gasteiger partial charge in [-0.1, -0.05) is 12.2 Å². The van der Waals surface area contributed by atoms with E-state index in [2.05, 4.69) is 37.5 Å². The molecule has 19 heavy (non-hydrogen) atoms. The molecule has 0 atom stereocenters. The summed E-state index contributed by atoms with van der Waals surface area (Å²) in [7, 11) is 0. The lowest BCUT2D eigenvalue weighted by Gasteiger charge is -2.12. The van der Waals surface area contributed by atoms with Crippen LogP contribution in [0.2, 0.25) is 0 Å². The summed E-state index contributed by atoms with van der Waals surface area (Å²) < 4.78 is 1.08. The van der Waals surface area contributed by atoms with Gasteiger partial charge in [0.2, 0.25) is 0 Å². The van der Waals surface area contributed by atoms with Crippen molar-refractivity contribution in [2.45, 2.75) is 20.4 Å². The first-order valence-electron chi connectivity index (χ1n) is 5.59. The van der Waals surface area contributed by atoms with E-state index in [1.807, 2.05) is 19.2 Å². The summed E-state index contributed by atoms with van der Waals surface area (Å²) in [5, 5.41) is 13.5. The molecule has 0 aliphatic rings. The average Bonchev–Trinajstić information content (AvgIpc) is 2.76. The van der Waals surface area contributed by atoms with Crippen molar-refractivity contribution in [3.05, 3.63) is 37.6 Å². The third kappa shape index (κ3) is 3.29. The minimum atomic E-state index is 0.338. The van der Waals surface area contributed by atoms with Crippen LogP contribution in [0.5, 0.6) is 0 Å². The molecule has 0 spiro atoms. The van der Waals surface area contributed by atoms with E-state index in [-0.39, 0.29) is 0 Å². The molecule has 0 bridgehead atoms. The van der Waals surface area contributed by atoms with Gasteiger partial charge in [-0.05, 0) is 41.4 Å². The second-order valence-corrected chi connectivity index (χ2v) is 6.43. The molecule has 7 heteroatoms. The van der Waals surface area contributed by atoms with E-state index < -0.39 is 0 Å². The van der Waals surface area contributed by atoms with E-state index in [0.29, 0.717) is 17.4 Å². The van der Waals surface area contributed by atoms with Gasteiger partial charge in [0, 0.05) is 14.7 Å². The first kappa shape index (κ1) is 14.4. The Morgan fingerprint density at radius 1 is 1.47 bits per heavy atom. The van der Waals surface area contributed by atoms with Crippen LogP contribution in [-0.2, 0) is 6.54 Å². The molecule has 3 N–H and O–H groups in total. The topological polar surface area (TPSA) is 63.8 Å². The number of aryl methyl sites for hydroxylation is 1. The first-order chi connectivity index (χ1) is 8.99. The van der Waals surface area contributed by atoms with Gasteiger partial charge < -0.3 is 11.1 Å². The number of thiophene rings is 1. The van der Waals surface area contributed by atoms with Gasteiger partial charge >= 0.3 is 0 Å². The molecule has 0 aliphatic heterocycles. The van der Waals surface area contributed by atoms with E-state index in [1.165, 1.54) is 4.88 Å². The molecule has 0 saturated carbocycles. The van der Waals surface area contributed by atoms with Gasteiger partial charge in [-0.3, -0.25) is 0 Å². The van der Waals surface area contributed by atoms with Crippen LogP contribution in [0, 0.1) is 13.8 Å². The number of nitrogens with zero attached hydrogens (tertiary/aromatic N) is 2. The Bertz CT molecular complexity index is 624. The fraction of sp³-hybridized carbons (Fsp3) is 0.250. The quantitative estimate of drug-likeness (QED) is 0.823. The zero-order valence-corrected chi connectivity index (χ0v) is 13.7. The molecule has 0 aliphatic carbocycles. The maximum absolute atomic E-state index is 5.78. The van der Waals surface area contributed by atoms with E-state index in [4.69, 9.17) is 18.0 Å². The fourth-order valence-corrected chi connectivity index (χ4v) is 3.29. The molecule has 4 nitrogen and oxygen atoms in total. The standard InChI is InChI=1S/C12H13BrN4S2/c1-6-7(2)16-17-12(10(6)11(14)18)15-4-9-3-8(13)5-19-9/h3,5H,4H2,1-2H3,(H2,14,18)(H,15,17). The average molecular weight is 357 g/mol. The number of thiocarbonyl (C=S) groups is 1. The van der Waals surface area contributed by atoms with Crippen molar-refractivity contribution < 1.29 is 0 Å². The lowest BCUT2D eigenvalue weighted by Crippen LogP contribution is -2.17. The van der Waals surface area contributed by atoms with Gasteiger partial charge in [-0.25, -0.2) is 0 Å². The predicted octanol–water partition coefficient (Wildman–Crippen LogP) is 3.16. The van der Waals surface area contributed by atoms with Gasteiger partial charge in [0.1, 0.15) is 4.99 Å². The van der Waals surface area contributed by atoms with Crippen LogP contribution in [0.25, 0.3) is 0 Å². The van der Waals surface area contributed by atoms with Gasteiger partial charge in [0.05, 0.1) is 17.8 Å². The highest BCUT2D eigenvalue weighted by atomic mass is 79.9. The van der Waals surface area contributed by atoms with Crippen LogP contribution < -0.4 is 11.1 Å². The molecule has 0 unspecified atom stereocenters. The third-order valence-corrected chi connectivity index (χ3v) is 4.65. The van der Waals surface area contributed by atoms with Gasteiger partial charge in [0.15, 0.2) is 5.82 Å².